The summed E-state index contributed by atoms with van der Waals surface area (Å²) in [6.07, 6.45) is 0. The highest BCUT2D eigenvalue weighted by atomic mass is 32.2. The molecule has 21 heavy (non-hydrogen) atoms. The fourth-order valence-electron chi connectivity index (χ4n) is 1.73. The van der Waals surface area contributed by atoms with Crippen molar-refractivity contribution < 1.29 is 4.79 Å². The molecule has 0 spiro atoms. The third kappa shape index (κ3) is 3.35. The number of carbonyl (C=O) groups excluding carboxylic acids is 1. The first kappa shape index (κ1) is 15.8. The van der Waals surface area contributed by atoms with Gasteiger partial charge in [-0.15, -0.1) is 21.5 Å². The van der Waals surface area contributed by atoms with Gasteiger partial charge in [-0.25, -0.2) is 4.98 Å². The van der Waals surface area contributed by atoms with Crippen LogP contribution in [-0.2, 0) is 4.79 Å². The number of aryl methyl sites for hydroxylation is 2. The molecule has 0 saturated carbocycles. The lowest BCUT2D eigenvalue weighted by molar-refractivity contribution is -0.118. The minimum atomic E-state index is -0.501. The van der Waals surface area contributed by atoms with Crippen molar-refractivity contribution in [2.24, 2.45) is 0 Å². The number of hydrogen-bond acceptors (Lipinski definition) is 7. The van der Waals surface area contributed by atoms with Crippen LogP contribution in [0.3, 0.4) is 0 Å². The Morgan fingerprint density at radius 1 is 1.48 bits per heavy atom. The first-order valence-electron chi connectivity index (χ1n) is 6.52. The third-order valence-electron chi connectivity index (χ3n) is 2.99. The van der Waals surface area contributed by atoms with E-state index in [0.29, 0.717) is 10.3 Å². The van der Waals surface area contributed by atoms with Gasteiger partial charge >= 0.3 is 0 Å². The quantitative estimate of drug-likeness (QED) is 0.818. The molecule has 9 heteroatoms. The second kappa shape index (κ2) is 6.44. The summed E-state index contributed by atoms with van der Waals surface area (Å²) in [5.74, 6) is 0.880. The number of nitrogens with two attached hydrogens (primary N) is 1. The summed E-state index contributed by atoms with van der Waals surface area (Å²) in [5, 5.41) is 11.9. The number of aromatic nitrogens is 4. The van der Waals surface area contributed by atoms with Crippen LogP contribution in [0.2, 0.25) is 0 Å². The van der Waals surface area contributed by atoms with Crippen molar-refractivity contribution in [2.45, 2.75) is 38.9 Å². The van der Waals surface area contributed by atoms with Gasteiger partial charge in [-0.2, -0.15) is 0 Å². The second-order valence-corrected chi connectivity index (χ2v) is 6.90. The molecule has 0 aliphatic heterocycles. The van der Waals surface area contributed by atoms with Gasteiger partial charge in [-0.3, -0.25) is 9.36 Å². The number of nitrogens with zero attached hydrogens (tertiary/aromatic N) is 4. The average molecular weight is 326 g/mol. The maximum atomic E-state index is 12.4. The van der Waals surface area contributed by atoms with E-state index in [2.05, 4.69) is 20.5 Å². The Labute approximate surface area is 131 Å². The summed E-state index contributed by atoms with van der Waals surface area (Å²) >= 11 is 2.95. The molecule has 3 N–H and O–H groups in total. The molecule has 0 aliphatic carbocycles. The van der Waals surface area contributed by atoms with Crippen molar-refractivity contribution in [1.82, 2.24) is 19.7 Å². The molecular weight excluding hydrogens is 308 g/mol. The number of rotatable bonds is 5. The molecule has 0 radical (unpaired) electrons. The lowest BCUT2D eigenvalue weighted by Crippen LogP contribution is -2.25. The summed E-state index contributed by atoms with van der Waals surface area (Å²) in [5.41, 5.74) is 6.74. The number of thioether (sulfide) groups is 1. The molecule has 0 fully saturated rings. The number of carbonyl (C=O) groups is 1. The predicted octanol–water partition coefficient (Wildman–Crippen LogP) is 2.25. The van der Waals surface area contributed by atoms with E-state index in [9.17, 15) is 4.79 Å². The Bertz CT molecular complexity index is 631. The van der Waals surface area contributed by atoms with E-state index in [1.807, 2.05) is 20.8 Å². The topological polar surface area (TPSA) is 98.7 Å². The molecule has 7 nitrogen and oxygen atoms in total. The zero-order chi connectivity index (χ0) is 15.6. The highest BCUT2D eigenvalue weighted by molar-refractivity contribution is 7.99. The van der Waals surface area contributed by atoms with E-state index >= 15 is 0 Å². The highest BCUT2D eigenvalue weighted by Crippen LogP contribution is 2.25. The van der Waals surface area contributed by atoms with E-state index < -0.39 is 6.04 Å². The smallest absolute Gasteiger partial charge is 0.249 e. The second-order valence-electron chi connectivity index (χ2n) is 4.47. The highest BCUT2D eigenvalue weighted by Gasteiger charge is 2.22. The minimum Gasteiger partial charge on any atom is -0.368 e. The van der Waals surface area contributed by atoms with Crippen LogP contribution in [0, 0.1) is 13.8 Å². The molecule has 2 rings (SSSR count). The first-order chi connectivity index (χ1) is 9.93. The summed E-state index contributed by atoms with van der Waals surface area (Å²) in [7, 11) is 0. The number of nitrogens with one attached hydrogen (secondary N) is 1. The zero-order valence-electron chi connectivity index (χ0n) is 12.4. The molecule has 1 atom stereocenters. The normalized spacial score (nSPS) is 12.4. The van der Waals surface area contributed by atoms with Gasteiger partial charge in [0.05, 0.1) is 5.69 Å². The minimum absolute atomic E-state index is 0.187. The zero-order valence-corrected chi connectivity index (χ0v) is 14.0. The summed E-state index contributed by atoms with van der Waals surface area (Å²) in [4.78, 5) is 17.7. The molecule has 0 bridgehead atoms. The van der Waals surface area contributed by atoms with Gasteiger partial charge in [0, 0.05) is 4.88 Å². The van der Waals surface area contributed by atoms with Crippen LogP contribution in [0.4, 0.5) is 11.1 Å². The fraction of sp³-hybridized carbons (Fsp3) is 0.500. The van der Waals surface area contributed by atoms with E-state index in [1.54, 1.807) is 11.5 Å². The van der Waals surface area contributed by atoms with Gasteiger partial charge in [0.1, 0.15) is 6.04 Å². The summed E-state index contributed by atoms with van der Waals surface area (Å²) < 4.78 is 1.64. The number of amides is 1. The lowest BCUT2D eigenvalue weighted by Gasteiger charge is -2.15. The van der Waals surface area contributed by atoms with Crippen molar-refractivity contribution in [3.63, 3.8) is 0 Å². The summed E-state index contributed by atoms with van der Waals surface area (Å²) in [6, 6.07) is -0.501. The van der Waals surface area contributed by atoms with Crippen LogP contribution in [0.15, 0.2) is 5.16 Å². The maximum absolute atomic E-state index is 12.4. The van der Waals surface area contributed by atoms with Crippen molar-refractivity contribution in [3.05, 3.63) is 10.6 Å². The van der Waals surface area contributed by atoms with Crippen molar-refractivity contribution >= 4 is 40.1 Å². The Balaban J connectivity index is 2.17. The van der Waals surface area contributed by atoms with Gasteiger partial charge in [-0.1, -0.05) is 18.7 Å². The molecule has 2 heterocycles. The molecule has 2 aromatic rings. The molecule has 0 aromatic carbocycles. The van der Waals surface area contributed by atoms with Gasteiger partial charge in [0.2, 0.25) is 11.9 Å². The largest absolute Gasteiger partial charge is 0.368 e. The first-order valence-corrected chi connectivity index (χ1v) is 8.32. The number of hydrogen-bond donors (Lipinski definition) is 2. The van der Waals surface area contributed by atoms with Crippen LogP contribution < -0.4 is 11.1 Å². The van der Waals surface area contributed by atoms with Crippen molar-refractivity contribution in [1.29, 1.82) is 0 Å². The lowest BCUT2D eigenvalue weighted by atomic mass is 10.3. The third-order valence-corrected chi connectivity index (χ3v) is 4.80. The van der Waals surface area contributed by atoms with E-state index in [4.69, 9.17) is 5.73 Å². The Hall–Kier alpha value is -1.61. The molecule has 1 amide bonds. The number of thiazole rings is 1. The van der Waals surface area contributed by atoms with Gasteiger partial charge in [0.15, 0.2) is 10.3 Å². The van der Waals surface area contributed by atoms with Crippen LogP contribution in [0.5, 0.6) is 0 Å². The molecule has 2 aromatic heterocycles. The number of anilines is 2. The van der Waals surface area contributed by atoms with Crippen LogP contribution in [0.1, 0.15) is 30.5 Å². The van der Waals surface area contributed by atoms with Crippen LogP contribution >= 0.6 is 23.1 Å². The Kier molecular flexibility index (Phi) is 4.84. The number of nitrogen functional groups attached to an aromatic ring is 1. The van der Waals surface area contributed by atoms with E-state index in [1.165, 1.54) is 23.1 Å². The van der Waals surface area contributed by atoms with Gasteiger partial charge in [-0.05, 0) is 26.5 Å². The molecule has 114 valence electrons. The molecule has 0 saturated heterocycles. The van der Waals surface area contributed by atoms with E-state index in [0.717, 1.165) is 16.3 Å². The molecule has 1 unspecified atom stereocenters. The fourth-order valence-corrected chi connectivity index (χ4v) is 3.30. The standard InChI is InChI=1S/C12H18N6OS2/c1-5-20-12-17-16-10(13)18(12)7(3)9(19)15-11-14-6(2)8(4)21-11/h7H,5H2,1-4H3,(H2,13,16)(H,14,15,19). The van der Waals surface area contributed by atoms with Gasteiger partial charge in [0.25, 0.3) is 0 Å². The Morgan fingerprint density at radius 3 is 2.76 bits per heavy atom. The van der Waals surface area contributed by atoms with Crippen molar-refractivity contribution in [3.8, 4) is 0 Å². The predicted molar refractivity (Wildman–Crippen MR) is 85.8 cm³/mol. The van der Waals surface area contributed by atoms with Gasteiger partial charge < -0.3 is 11.1 Å². The Morgan fingerprint density at radius 2 is 2.19 bits per heavy atom. The summed E-state index contributed by atoms with van der Waals surface area (Å²) in [6.45, 7) is 7.66. The van der Waals surface area contributed by atoms with Crippen molar-refractivity contribution in [2.75, 3.05) is 16.8 Å². The van der Waals surface area contributed by atoms with Crippen LogP contribution in [0.25, 0.3) is 0 Å². The van der Waals surface area contributed by atoms with Crippen LogP contribution in [-0.4, -0.2) is 31.4 Å². The SMILES string of the molecule is CCSc1nnc(N)n1C(C)C(=O)Nc1nc(C)c(C)s1. The molecular formula is C12H18N6OS2. The average Bonchev–Trinajstić information content (AvgIpc) is 2.93. The molecule has 0 aliphatic rings. The monoisotopic (exact) mass is 326 g/mol. The maximum Gasteiger partial charge on any atom is 0.249 e. The van der Waals surface area contributed by atoms with E-state index in [-0.39, 0.29) is 11.9 Å².